The zero-order valence-electron chi connectivity index (χ0n) is 12.9. The van der Waals surface area contributed by atoms with Gasteiger partial charge in [-0.25, -0.2) is 0 Å². The predicted octanol–water partition coefficient (Wildman–Crippen LogP) is 4.26. The van der Waals surface area contributed by atoms with Crippen molar-refractivity contribution in [3.8, 4) is 0 Å². The van der Waals surface area contributed by atoms with Gasteiger partial charge in [0.2, 0.25) is 0 Å². The molecule has 2 heteroatoms. The Morgan fingerprint density at radius 3 is 2.80 bits per heavy atom. The van der Waals surface area contributed by atoms with Gasteiger partial charge >= 0.3 is 0 Å². The number of nitrogens with one attached hydrogen (secondary N) is 1. The molecule has 1 heterocycles. The van der Waals surface area contributed by atoms with Crippen LogP contribution in [0.5, 0.6) is 0 Å². The van der Waals surface area contributed by atoms with Gasteiger partial charge in [-0.2, -0.15) is 0 Å². The minimum Gasteiger partial charge on any atom is -0.310 e. The maximum atomic E-state index is 4.49. The van der Waals surface area contributed by atoms with Crippen LogP contribution in [0.3, 0.4) is 0 Å². The number of fused-ring (bicyclic) bond motifs is 2. The second kappa shape index (κ2) is 6.26. The Bertz CT molecular complexity index is 426. The minimum atomic E-state index is 0.507. The van der Waals surface area contributed by atoms with Crippen molar-refractivity contribution in [2.75, 3.05) is 6.54 Å². The number of pyridine rings is 1. The van der Waals surface area contributed by atoms with Gasteiger partial charge in [-0.15, -0.1) is 0 Å². The first kappa shape index (κ1) is 14.1. The number of aryl methyl sites for hydroxylation is 1. The fraction of sp³-hybridized carbons (Fsp3) is 0.722. The lowest BCUT2D eigenvalue weighted by Crippen LogP contribution is -2.26. The maximum absolute atomic E-state index is 4.49. The molecule has 1 aromatic rings. The fourth-order valence-electron chi connectivity index (χ4n) is 4.31. The molecule has 0 aliphatic heterocycles. The highest BCUT2D eigenvalue weighted by molar-refractivity contribution is 5.17. The Morgan fingerprint density at radius 1 is 1.30 bits per heavy atom. The van der Waals surface area contributed by atoms with Gasteiger partial charge in [0.05, 0.1) is 0 Å². The predicted molar refractivity (Wildman–Crippen MR) is 83.6 cm³/mol. The monoisotopic (exact) mass is 272 g/mol. The molecule has 2 fully saturated rings. The van der Waals surface area contributed by atoms with Gasteiger partial charge in [-0.05, 0) is 75.0 Å². The zero-order valence-corrected chi connectivity index (χ0v) is 12.9. The summed E-state index contributed by atoms with van der Waals surface area (Å²) in [6, 6.07) is 4.92. The molecule has 3 rings (SSSR count). The lowest BCUT2D eigenvalue weighted by Gasteiger charge is -2.27. The van der Waals surface area contributed by atoms with E-state index in [1.165, 1.54) is 44.1 Å². The molecule has 2 aliphatic carbocycles. The van der Waals surface area contributed by atoms with Gasteiger partial charge < -0.3 is 5.32 Å². The third-order valence-corrected chi connectivity index (χ3v) is 5.40. The molecule has 2 nitrogen and oxygen atoms in total. The van der Waals surface area contributed by atoms with Crippen LogP contribution >= 0.6 is 0 Å². The van der Waals surface area contributed by atoms with E-state index >= 15 is 0 Å². The molecule has 2 bridgehead atoms. The molecule has 20 heavy (non-hydrogen) atoms. The third kappa shape index (κ3) is 3.06. The summed E-state index contributed by atoms with van der Waals surface area (Å²) < 4.78 is 0. The van der Waals surface area contributed by atoms with Gasteiger partial charge in [-0.1, -0.05) is 19.4 Å². The average Bonchev–Trinajstić information content (AvgIpc) is 3.07. The van der Waals surface area contributed by atoms with Gasteiger partial charge in [0, 0.05) is 17.9 Å². The molecule has 0 saturated heterocycles. The molecule has 2 saturated carbocycles. The summed E-state index contributed by atoms with van der Waals surface area (Å²) in [7, 11) is 0. The largest absolute Gasteiger partial charge is 0.310 e. The first-order valence-corrected chi connectivity index (χ1v) is 8.42. The topological polar surface area (TPSA) is 24.9 Å². The molecule has 4 unspecified atom stereocenters. The molecular formula is C18H28N2. The van der Waals surface area contributed by atoms with E-state index in [-0.39, 0.29) is 0 Å². The number of nitrogens with zero attached hydrogens (tertiary/aromatic N) is 1. The van der Waals surface area contributed by atoms with E-state index in [9.17, 15) is 0 Å². The summed E-state index contributed by atoms with van der Waals surface area (Å²) in [6.45, 7) is 5.42. The standard InChI is InChI=1S/C18H28N2/c1-3-8-19-18(16-6-4-13(2)20-12-16)11-17-10-14-5-7-15(17)9-14/h4,6,12,14-15,17-19H,3,5,7-11H2,1-2H3. The molecule has 0 amide bonds. The molecule has 0 radical (unpaired) electrons. The summed E-state index contributed by atoms with van der Waals surface area (Å²) in [4.78, 5) is 4.49. The highest BCUT2D eigenvalue weighted by Gasteiger charge is 2.40. The van der Waals surface area contributed by atoms with E-state index < -0.39 is 0 Å². The number of hydrogen-bond acceptors (Lipinski definition) is 2. The van der Waals surface area contributed by atoms with Crippen LogP contribution in [0.15, 0.2) is 18.3 Å². The van der Waals surface area contributed by atoms with E-state index in [0.29, 0.717) is 6.04 Å². The molecule has 0 aromatic carbocycles. The summed E-state index contributed by atoms with van der Waals surface area (Å²) in [6.07, 6.45) is 10.6. The van der Waals surface area contributed by atoms with Crippen molar-refractivity contribution in [3.63, 3.8) is 0 Å². The average molecular weight is 272 g/mol. The van der Waals surface area contributed by atoms with Crippen molar-refractivity contribution in [1.82, 2.24) is 10.3 Å². The molecular weight excluding hydrogens is 244 g/mol. The lowest BCUT2D eigenvalue weighted by molar-refractivity contribution is 0.279. The van der Waals surface area contributed by atoms with E-state index in [4.69, 9.17) is 0 Å². The molecule has 1 N–H and O–H groups in total. The Balaban J connectivity index is 1.67. The maximum Gasteiger partial charge on any atom is 0.0372 e. The zero-order chi connectivity index (χ0) is 13.9. The van der Waals surface area contributed by atoms with Crippen LogP contribution in [0.4, 0.5) is 0 Å². The van der Waals surface area contributed by atoms with Crippen molar-refractivity contribution < 1.29 is 0 Å². The molecule has 0 spiro atoms. The van der Waals surface area contributed by atoms with Crippen LogP contribution in [-0.2, 0) is 0 Å². The van der Waals surface area contributed by atoms with E-state index in [1.807, 2.05) is 0 Å². The van der Waals surface area contributed by atoms with E-state index in [2.05, 4.69) is 42.5 Å². The Morgan fingerprint density at radius 2 is 2.20 bits per heavy atom. The van der Waals surface area contributed by atoms with Crippen LogP contribution < -0.4 is 5.32 Å². The van der Waals surface area contributed by atoms with Crippen molar-refractivity contribution in [1.29, 1.82) is 0 Å². The molecule has 2 aliphatic rings. The van der Waals surface area contributed by atoms with Crippen molar-refractivity contribution >= 4 is 0 Å². The van der Waals surface area contributed by atoms with Crippen LogP contribution in [0.2, 0.25) is 0 Å². The van der Waals surface area contributed by atoms with E-state index in [0.717, 1.165) is 30.0 Å². The van der Waals surface area contributed by atoms with Crippen LogP contribution in [0.1, 0.15) is 62.7 Å². The van der Waals surface area contributed by atoms with Gasteiger partial charge in [-0.3, -0.25) is 4.98 Å². The summed E-state index contributed by atoms with van der Waals surface area (Å²) in [5, 5.41) is 3.75. The lowest BCUT2D eigenvalue weighted by atomic mass is 9.83. The Kier molecular flexibility index (Phi) is 4.40. The second-order valence-electron chi connectivity index (χ2n) is 6.91. The quantitative estimate of drug-likeness (QED) is 0.837. The first-order valence-electron chi connectivity index (χ1n) is 8.42. The first-order chi connectivity index (χ1) is 9.76. The fourth-order valence-corrected chi connectivity index (χ4v) is 4.31. The highest BCUT2D eigenvalue weighted by Crippen LogP contribution is 2.50. The van der Waals surface area contributed by atoms with Gasteiger partial charge in [0.25, 0.3) is 0 Å². The number of rotatable bonds is 6. The number of aromatic nitrogens is 1. The van der Waals surface area contributed by atoms with Crippen molar-refractivity contribution in [3.05, 3.63) is 29.6 Å². The van der Waals surface area contributed by atoms with E-state index in [1.54, 1.807) is 0 Å². The summed E-state index contributed by atoms with van der Waals surface area (Å²) in [5.41, 5.74) is 2.50. The smallest absolute Gasteiger partial charge is 0.0372 e. The molecule has 110 valence electrons. The second-order valence-corrected chi connectivity index (χ2v) is 6.91. The summed E-state index contributed by atoms with van der Waals surface area (Å²) in [5.74, 6) is 3.02. The molecule has 4 atom stereocenters. The summed E-state index contributed by atoms with van der Waals surface area (Å²) >= 11 is 0. The minimum absolute atomic E-state index is 0.507. The van der Waals surface area contributed by atoms with Crippen molar-refractivity contribution in [2.45, 2.75) is 58.4 Å². The van der Waals surface area contributed by atoms with Crippen molar-refractivity contribution in [2.24, 2.45) is 17.8 Å². The SMILES string of the molecule is CCCNC(CC1CC2CCC1C2)c1ccc(C)nc1. The number of hydrogen-bond donors (Lipinski definition) is 1. The van der Waals surface area contributed by atoms with Gasteiger partial charge in [0.15, 0.2) is 0 Å². The highest BCUT2D eigenvalue weighted by atomic mass is 14.9. The van der Waals surface area contributed by atoms with Crippen LogP contribution in [0, 0.1) is 24.7 Å². The van der Waals surface area contributed by atoms with Gasteiger partial charge in [0.1, 0.15) is 0 Å². The van der Waals surface area contributed by atoms with Crippen LogP contribution in [0.25, 0.3) is 0 Å². The third-order valence-electron chi connectivity index (χ3n) is 5.40. The Hall–Kier alpha value is -0.890. The van der Waals surface area contributed by atoms with Crippen LogP contribution in [-0.4, -0.2) is 11.5 Å². The normalized spacial score (nSPS) is 29.8. The Labute approximate surface area is 123 Å². The molecule has 1 aromatic heterocycles.